The molecule has 2 rings (SSSR count). The predicted molar refractivity (Wildman–Crippen MR) is 77.7 cm³/mol. The quantitative estimate of drug-likeness (QED) is 0.504. The lowest BCUT2D eigenvalue weighted by Gasteiger charge is -2.18. The molecule has 1 aromatic heterocycles. The SMILES string of the molecule is COC(=O)C1CCCC1S(=O)(=O)Nc1cc(Cl)nc(Cl)n1. The number of halogens is 2. The number of sulfonamides is 1. The van der Waals surface area contributed by atoms with E-state index < -0.39 is 27.2 Å². The maximum Gasteiger partial charge on any atom is 0.310 e. The van der Waals surface area contributed by atoms with Crippen LogP contribution in [0, 0.1) is 5.92 Å². The first kappa shape index (κ1) is 16.3. The molecular weight excluding hydrogens is 341 g/mol. The third-order valence-electron chi connectivity index (χ3n) is 3.27. The summed E-state index contributed by atoms with van der Waals surface area (Å²) in [5, 5.41) is -1.02. The number of nitrogens with zero attached hydrogens (tertiary/aromatic N) is 2. The molecule has 0 saturated heterocycles. The van der Waals surface area contributed by atoms with Gasteiger partial charge in [-0.3, -0.25) is 9.52 Å². The number of nitrogens with one attached hydrogen (secondary N) is 1. The van der Waals surface area contributed by atoms with E-state index in [0.29, 0.717) is 19.3 Å². The molecule has 116 valence electrons. The van der Waals surface area contributed by atoms with Gasteiger partial charge in [-0.2, -0.15) is 4.98 Å². The molecule has 0 aromatic carbocycles. The van der Waals surface area contributed by atoms with Crippen molar-refractivity contribution >= 4 is 45.0 Å². The van der Waals surface area contributed by atoms with Crippen LogP contribution in [0.2, 0.25) is 10.4 Å². The molecule has 1 aliphatic rings. The molecule has 0 spiro atoms. The maximum absolute atomic E-state index is 12.4. The van der Waals surface area contributed by atoms with Crippen molar-refractivity contribution in [1.29, 1.82) is 0 Å². The van der Waals surface area contributed by atoms with E-state index in [-0.39, 0.29) is 16.3 Å². The van der Waals surface area contributed by atoms with Crippen molar-refractivity contribution < 1.29 is 17.9 Å². The molecule has 1 aliphatic carbocycles. The second-order valence-corrected chi connectivity index (χ2v) is 7.22. The molecule has 1 fully saturated rings. The topological polar surface area (TPSA) is 98.2 Å². The number of esters is 1. The lowest BCUT2D eigenvalue weighted by atomic mass is 10.1. The number of ether oxygens (including phenoxy) is 1. The van der Waals surface area contributed by atoms with Crippen LogP contribution in [-0.2, 0) is 19.6 Å². The highest BCUT2D eigenvalue weighted by Gasteiger charge is 2.42. The molecule has 1 N–H and O–H groups in total. The van der Waals surface area contributed by atoms with Crippen LogP contribution in [0.25, 0.3) is 0 Å². The van der Waals surface area contributed by atoms with Gasteiger partial charge in [-0.25, -0.2) is 13.4 Å². The van der Waals surface area contributed by atoms with Crippen molar-refractivity contribution in [1.82, 2.24) is 9.97 Å². The van der Waals surface area contributed by atoms with Gasteiger partial charge >= 0.3 is 5.97 Å². The average Bonchev–Trinajstić information content (AvgIpc) is 2.85. The Morgan fingerprint density at radius 3 is 2.71 bits per heavy atom. The zero-order valence-electron chi connectivity index (χ0n) is 11.0. The van der Waals surface area contributed by atoms with E-state index in [1.807, 2.05) is 0 Å². The number of aromatic nitrogens is 2. The Hall–Kier alpha value is -1.12. The number of carbonyl (C=O) groups excluding carboxylic acids is 1. The standard InChI is InChI=1S/C11H13Cl2N3O4S/c1-20-10(17)6-3-2-4-7(6)21(18,19)16-9-5-8(12)14-11(13)15-9/h5-7H,2-4H2,1H3,(H,14,15,16). The molecule has 0 aliphatic heterocycles. The van der Waals surface area contributed by atoms with Gasteiger partial charge in [0.15, 0.2) is 0 Å². The Labute approximate surface area is 132 Å². The van der Waals surface area contributed by atoms with Gasteiger partial charge in [0.1, 0.15) is 11.0 Å². The Morgan fingerprint density at radius 1 is 1.38 bits per heavy atom. The molecular formula is C11H13Cl2N3O4S. The predicted octanol–water partition coefficient (Wildman–Crippen LogP) is 1.87. The number of hydrogen-bond acceptors (Lipinski definition) is 6. The highest BCUT2D eigenvalue weighted by molar-refractivity contribution is 7.93. The third-order valence-corrected chi connectivity index (χ3v) is 5.49. The monoisotopic (exact) mass is 353 g/mol. The summed E-state index contributed by atoms with van der Waals surface area (Å²) in [6, 6.07) is 1.24. The fourth-order valence-electron chi connectivity index (χ4n) is 2.38. The fraction of sp³-hybridized carbons (Fsp3) is 0.545. The van der Waals surface area contributed by atoms with E-state index in [1.54, 1.807) is 0 Å². The lowest BCUT2D eigenvalue weighted by Crippen LogP contribution is -2.35. The summed E-state index contributed by atoms with van der Waals surface area (Å²) in [5.74, 6) is -1.24. The first-order chi connectivity index (χ1) is 9.83. The molecule has 2 atom stereocenters. The Kier molecular flexibility index (Phi) is 4.90. The molecule has 1 saturated carbocycles. The zero-order chi connectivity index (χ0) is 15.6. The summed E-state index contributed by atoms with van der Waals surface area (Å²) >= 11 is 11.3. The van der Waals surface area contributed by atoms with Gasteiger partial charge in [-0.05, 0) is 24.4 Å². The van der Waals surface area contributed by atoms with E-state index in [1.165, 1.54) is 13.2 Å². The first-order valence-electron chi connectivity index (χ1n) is 6.13. The molecule has 10 heteroatoms. The smallest absolute Gasteiger partial charge is 0.310 e. The van der Waals surface area contributed by atoms with Gasteiger partial charge in [0.05, 0.1) is 18.3 Å². The maximum atomic E-state index is 12.4. The van der Waals surface area contributed by atoms with E-state index in [9.17, 15) is 13.2 Å². The Morgan fingerprint density at radius 2 is 2.10 bits per heavy atom. The summed E-state index contributed by atoms with van der Waals surface area (Å²) in [6.45, 7) is 0. The van der Waals surface area contributed by atoms with Crippen molar-refractivity contribution in [2.45, 2.75) is 24.5 Å². The highest BCUT2D eigenvalue weighted by Crippen LogP contribution is 2.33. The molecule has 2 unspecified atom stereocenters. The van der Waals surface area contributed by atoms with E-state index in [4.69, 9.17) is 23.2 Å². The fourth-order valence-corrected chi connectivity index (χ4v) is 4.49. The van der Waals surface area contributed by atoms with Crippen LogP contribution in [0.5, 0.6) is 0 Å². The minimum absolute atomic E-state index is 0.0173. The normalized spacial score (nSPS) is 22.0. The second-order valence-electron chi connectivity index (χ2n) is 4.59. The van der Waals surface area contributed by atoms with Crippen molar-refractivity contribution in [3.8, 4) is 0 Å². The van der Waals surface area contributed by atoms with Crippen LogP contribution < -0.4 is 4.72 Å². The lowest BCUT2D eigenvalue weighted by molar-refractivity contribution is -0.145. The second kappa shape index (κ2) is 6.33. The molecule has 21 heavy (non-hydrogen) atoms. The van der Waals surface area contributed by atoms with E-state index in [0.717, 1.165) is 0 Å². The van der Waals surface area contributed by atoms with Gasteiger partial charge in [0.2, 0.25) is 15.3 Å². The van der Waals surface area contributed by atoms with Crippen LogP contribution in [0.15, 0.2) is 6.07 Å². The van der Waals surface area contributed by atoms with Crippen LogP contribution in [-0.4, -0.2) is 36.7 Å². The number of methoxy groups -OCH3 is 1. The number of rotatable bonds is 4. The minimum atomic E-state index is -3.81. The Bertz CT molecular complexity index is 633. The van der Waals surface area contributed by atoms with E-state index >= 15 is 0 Å². The summed E-state index contributed by atoms with van der Waals surface area (Å²) < 4.78 is 31.7. The van der Waals surface area contributed by atoms with Crippen molar-refractivity contribution in [3.05, 3.63) is 16.5 Å². The molecule has 1 aromatic rings. The summed E-state index contributed by atoms with van der Waals surface area (Å²) in [7, 11) is -2.57. The number of hydrogen-bond donors (Lipinski definition) is 1. The van der Waals surface area contributed by atoms with Gasteiger partial charge in [0, 0.05) is 6.07 Å². The van der Waals surface area contributed by atoms with Gasteiger partial charge in [-0.1, -0.05) is 18.0 Å². The highest BCUT2D eigenvalue weighted by atomic mass is 35.5. The summed E-state index contributed by atoms with van der Waals surface area (Å²) in [4.78, 5) is 19.0. The molecule has 0 amide bonds. The first-order valence-corrected chi connectivity index (χ1v) is 8.43. The third kappa shape index (κ3) is 3.75. The van der Waals surface area contributed by atoms with Crippen LogP contribution in [0.4, 0.5) is 5.82 Å². The van der Waals surface area contributed by atoms with Crippen LogP contribution in [0.1, 0.15) is 19.3 Å². The van der Waals surface area contributed by atoms with Gasteiger partial charge < -0.3 is 4.74 Å². The summed E-state index contributed by atoms with van der Waals surface area (Å²) in [6.07, 6.45) is 1.49. The van der Waals surface area contributed by atoms with Gasteiger partial charge in [0.25, 0.3) is 0 Å². The van der Waals surface area contributed by atoms with E-state index in [2.05, 4.69) is 19.4 Å². The van der Waals surface area contributed by atoms with Crippen LogP contribution in [0.3, 0.4) is 0 Å². The summed E-state index contributed by atoms with van der Waals surface area (Å²) in [5.41, 5.74) is 0. The van der Waals surface area contributed by atoms with Gasteiger partial charge in [-0.15, -0.1) is 0 Å². The number of anilines is 1. The zero-order valence-corrected chi connectivity index (χ0v) is 13.4. The van der Waals surface area contributed by atoms with Crippen molar-refractivity contribution in [2.75, 3.05) is 11.8 Å². The molecule has 1 heterocycles. The Balaban J connectivity index is 2.23. The van der Waals surface area contributed by atoms with Crippen molar-refractivity contribution in [2.24, 2.45) is 5.92 Å². The average molecular weight is 354 g/mol. The largest absolute Gasteiger partial charge is 0.469 e. The molecule has 7 nitrogen and oxygen atoms in total. The molecule has 0 radical (unpaired) electrons. The van der Waals surface area contributed by atoms with Crippen LogP contribution >= 0.6 is 23.2 Å². The molecule has 0 bridgehead atoms. The minimum Gasteiger partial charge on any atom is -0.469 e. The van der Waals surface area contributed by atoms with Crippen molar-refractivity contribution in [3.63, 3.8) is 0 Å². The number of carbonyl (C=O) groups is 1.